The molecule has 3 rings (SSSR count). The number of hydrogen-bond donors (Lipinski definition) is 1. The van der Waals surface area contributed by atoms with Gasteiger partial charge in [-0.3, -0.25) is 19.7 Å². The maximum absolute atomic E-state index is 12.4. The number of nitro benzene ring substituents is 1. The smallest absolute Gasteiger partial charge is 0.270 e. The molecule has 1 saturated heterocycles. The molecular formula is C15H16N4O5S. The molecule has 1 aliphatic heterocycles. The van der Waals surface area contributed by atoms with Crippen LogP contribution in [0.4, 0.5) is 10.8 Å². The van der Waals surface area contributed by atoms with E-state index in [0.717, 1.165) is 0 Å². The van der Waals surface area contributed by atoms with E-state index in [4.69, 9.17) is 4.74 Å². The van der Waals surface area contributed by atoms with Crippen molar-refractivity contribution in [2.75, 3.05) is 32.1 Å². The molecular weight excluding hydrogens is 348 g/mol. The van der Waals surface area contributed by atoms with E-state index in [0.29, 0.717) is 35.0 Å². The molecule has 0 bridgehead atoms. The number of aromatic nitrogens is 1. The van der Waals surface area contributed by atoms with Gasteiger partial charge in [-0.05, 0) is 6.07 Å². The van der Waals surface area contributed by atoms with Crippen molar-refractivity contribution in [1.29, 1.82) is 0 Å². The third kappa shape index (κ3) is 3.74. The van der Waals surface area contributed by atoms with E-state index in [2.05, 4.69) is 10.3 Å². The van der Waals surface area contributed by atoms with E-state index in [9.17, 15) is 19.7 Å². The maximum atomic E-state index is 12.4. The van der Waals surface area contributed by atoms with Gasteiger partial charge in [-0.2, -0.15) is 0 Å². The van der Waals surface area contributed by atoms with Gasteiger partial charge in [0, 0.05) is 38.8 Å². The SMILES string of the molecule is COCCN1CC(C(=O)Nc2nc3ccc([N+](=O)[O-])cc3s2)CC1=O. The summed E-state index contributed by atoms with van der Waals surface area (Å²) < 4.78 is 5.57. The molecule has 10 heteroatoms. The van der Waals surface area contributed by atoms with Crippen molar-refractivity contribution in [3.63, 3.8) is 0 Å². The minimum absolute atomic E-state index is 0.0239. The third-order valence-electron chi connectivity index (χ3n) is 3.96. The highest BCUT2D eigenvalue weighted by Crippen LogP contribution is 2.30. The normalized spacial score (nSPS) is 17.2. The second-order valence-electron chi connectivity index (χ2n) is 5.65. The van der Waals surface area contributed by atoms with Crippen molar-refractivity contribution in [3.8, 4) is 0 Å². The lowest BCUT2D eigenvalue weighted by Gasteiger charge is -2.15. The van der Waals surface area contributed by atoms with Crippen molar-refractivity contribution in [2.24, 2.45) is 5.92 Å². The van der Waals surface area contributed by atoms with Gasteiger partial charge in [-0.25, -0.2) is 4.98 Å². The van der Waals surface area contributed by atoms with Gasteiger partial charge in [0.2, 0.25) is 11.8 Å². The molecule has 2 heterocycles. The number of likely N-dealkylation sites (tertiary alicyclic amines) is 1. The van der Waals surface area contributed by atoms with Crippen molar-refractivity contribution in [2.45, 2.75) is 6.42 Å². The summed E-state index contributed by atoms with van der Waals surface area (Å²) in [4.78, 5) is 40.5. The molecule has 0 spiro atoms. The summed E-state index contributed by atoms with van der Waals surface area (Å²) >= 11 is 1.17. The summed E-state index contributed by atoms with van der Waals surface area (Å²) in [6.07, 6.45) is 0.159. The molecule has 0 saturated carbocycles. The fraction of sp³-hybridized carbons (Fsp3) is 0.400. The van der Waals surface area contributed by atoms with Crippen LogP contribution >= 0.6 is 11.3 Å². The summed E-state index contributed by atoms with van der Waals surface area (Å²) in [5, 5.41) is 13.9. The molecule has 2 amide bonds. The van der Waals surface area contributed by atoms with E-state index in [1.165, 1.54) is 23.5 Å². The summed E-state index contributed by atoms with van der Waals surface area (Å²) in [5.74, 6) is -0.787. The summed E-state index contributed by atoms with van der Waals surface area (Å²) in [6.45, 7) is 1.24. The second kappa shape index (κ2) is 7.11. The van der Waals surface area contributed by atoms with E-state index in [1.54, 1.807) is 18.1 Å². The van der Waals surface area contributed by atoms with Crippen LogP contribution in [0.1, 0.15) is 6.42 Å². The Hall–Kier alpha value is -2.59. The van der Waals surface area contributed by atoms with Crippen LogP contribution in [0.3, 0.4) is 0 Å². The number of ether oxygens (including phenoxy) is 1. The van der Waals surface area contributed by atoms with Crippen LogP contribution in [-0.2, 0) is 14.3 Å². The lowest BCUT2D eigenvalue weighted by molar-refractivity contribution is -0.384. The van der Waals surface area contributed by atoms with E-state index >= 15 is 0 Å². The number of methoxy groups -OCH3 is 1. The molecule has 1 aliphatic rings. The summed E-state index contributed by atoms with van der Waals surface area (Å²) in [6, 6.07) is 4.34. The van der Waals surface area contributed by atoms with Crippen LogP contribution in [0.15, 0.2) is 18.2 Å². The number of nitro groups is 1. The topological polar surface area (TPSA) is 115 Å². The largest absolute Gasteiger partial charge is 0.383 e. The zero-order chi connectivity index (χ0) is 18.0. The molecule has 1 aromatic heterocycles. The molecule has 1 N–H and O–H groups in total. The third-order valence-corrected chi connectivity index (χ3v) is 4.90. The fourth-order valence-electron chi connectivity index (χ4n) is 2.65. The van der Waals surface area contributed by atoms with Crippen molar-refractivity contribution >= 4 is 44.2 Å². The van der Waals surface area contributed by atoms with E-state index < -0.39 is 10.8 Å². The molecule has 25 heavy (non-hydrogen) atoms. The van der Waals surface area contributed by atoms with Gasteiger partial charge in [-0.15, -0.1) is 0 Å². The lowest BCUT2D eigenvalue weighted by atomic mass is 10.1. The second-order valence-corrected chi connectivity index (χ2v) is 6.68. The summed E-state index contributed by atoms with van der Waals surface area (Å²) in [5.41, 5.74) is 0.555. The van der Waals surface area contributed by atoms with Crippen LogP contribution < -0.4 is 5.32 Å². The van der Waals surface area contributed by atoms with Crippen molar-refractivity contribution in [3.05, 3.63) is 28.3 Å². The van der Waals surface area contributed by atoms with Crippen molar-refractivity contribution in [1.82, 2.24) is 9.88 Å². The highest BCUT2D eigenvalue weighted by atomic mass is 32.1. The monoisotopic (exact) mass is 364 g/mol. The average Bonchev–Trinajstić information content (AvgIpc) is 3.14. The molecule has 9 nitrogen and oxygen atoms in total. The fourth-order valence-corrected chi connectivity index (χ4v) is 3.55. The van der Waals surface area contributed by atoms with Gasteiger partial charge in [-0.1, -0.05) is 11.3 Å². The zero-order valence-corrected chi connectivity index (χ0v) is 14.2. The highest BCUT2D eigenvalue weighted by Gasteiger charge is 2.34. The number of nitrogens with one attached hydrogen (secondary N) is 1. The average molecular weight is 364 g/mol. The molecule has 1 fully saturated rings. The maximum Gasteiger partial charge on any atom is 0.270 e. The molecule has 0 aliphatic carbocycles. The number of hydrogen-bond acceptors (Lipinski definition) is 7. The zero-order valence-electron chi connectivity index (χ0n) is 13.4. The predicted molar refractivity (Wildman–Crippen MR) is 91.5 cm³/mol. The number of carbonyl (C=O) groups excluding carboxylic acids is 2. The number of carbonyl (C=O) groups is 2. The van der Waals surface area contributed by atoms with Gasteiger partial charge in [0.05, 0.1) is 27.7 Å². The quantitative estimate of drug-likeness (QED) is 0.615. The Morgan fingerprint density at radius 1 is 1.56 bits per heavy atom. The Morgan fingerprint density at radius 2 is 2.36 bits per heavy atom. The van der Waals surface area contributed by atoms with Crippen molar-refractivity contribution < 1.29 is 19.2 Å². The van der Waals surface area contributed by atoms with Gasteiger partial charge < -0.3 is 15.0 Å². The Bertz CT molecular complexity index is 836. The van der Waals surface area contributed by atoms with Crippen LogP contribution in [-0.4, -0.2) is 53.4 Å². The molecule has 1 unspecified atom stereocenters. The first kappa shape index (κ1) is 17.2. The Balaban J connectivity index is 1.68. The van der Waals surface area contributed by atoms with E-state index in [-0.39, 0.29) is 23.9 Å². The predicted octanol–water partition coefficient (Wildman–Crippen LogP) is 1.64. The first-order chi connectivity index (χ1) is 12.0. The first-order valence-corrected chi connectivity index (χ1v) is 8.42. The van der Waals surface area contributed by atoms with Gasteiger partial charge in [0.15, 0.2) is 5.13 Å². The first-order valence-electron chi connectivity index (χ1n) is 7.60. The number of nitrogens with zero attached hydrogens (tertiary/aromatic N) is 3. The van der Waals surface area contributed by atoms with E-state index in [1.807, 2.05) is 0 Å². The molecule has 1 atom stereocenters. The van der Waals surface area contributed by atoms with Crippen LogP contribution in [0.5, 0.6) is 0 Å². The number of rotatable bonds is 6. The number of benzene rings is 1. The van der Waals surface area contributed by atoms with Gasteiger partial charge >= 0.3 is 0 Å². The lowest BCUT2D eigenvalue weighted by Crippen LogP contribution is -2.30. The summed E-state index contributed by atoms with van der Waals surface area (Å²) in [7, 11) is 1.56. The highest BCUT2D eigenvalue weighted by molar-refractivity contribution is 7.22. The van der Waals surface area contributed by atoms with Crippen LogP contribution in [0.25, 0.3) is 10.2 Å². The number of fused-ring (bicyclic) bond motifs is 1. The van der Waals surface area contributed by atoms with Crippen LogP contribution in [0, 0.1) is 16.0 Å². The number of non-ortho nitro benzene ring substituents is 1. The molecule has 132 valence electrons. The Labute approximate surface area is 146 Å². The minimum Gasteiger partial charge on any atom is -0.383 e. The Kier molecular flexibility index (Phi) is 4.91. The van der Waals surface area contributed by atoms with Gasteiger partial charge in [0.1, 0.15) is 0 Å². The number of thiazole rings is 1. The minimum atomic E-state index is -0.476. The Morgan fingerprint density at radius 3 is 3.08 bits per heavy atom. The molecule has 0 radical (unpaired) electrons. The number of anilines is 1. The van der Waals surface area contributed by atoms with Gasteiger partial charge in [0.25, 0.3) is 5.69 Å². The number of amides is 2. The molecule has 1 aromatic carbocycles. The molecule has 2 aromatic rings. The standard InChI is InChI=1S/C15H16N4O5S/c1-24-5-4-18-8-9(6-13(18)20)14(21)17-15-16-11-3-2-10(19(22)23)7-12(11)25-15/h2-3,7,9H,4-6,8H2,1H3,(H,16,17,21). The van der Waals surface area contributed by atoms with Crippen LogP contribution in [0.2, 0.25) is 0 Å².